The van der Waals surface area contributed by atoms with E-state index in [0.29, 0.717) is 46.2 Å². The number of carbonyl (C=O) groups is 2. The summed E-state index contributed by atoms with van der Waals surface area (Å²) in [5, 5.41) is 29.3. The zero-order valence-electron chi connectivity index (χ0n) is 32.0. The van der Waals surface area contributed by atoms with Crippen molar-refractivity contribution in [3.05, 3.63) is 47.5 Å². The number of nitrogen functional groups attached to an aromatic ring is 1. The van der Waals surface area contributed by atoms with Crippen molar-refractivity contribution >= 4 is 17.5 Å². The standard InChI is InChI=1S/C40H61N5O6/c1-22(2)13-30(20-44(7)8)42-38(48)27-14-26(15-29(41)16-27)31-12-10-11-25(37(31)50-9)19-45-36(35(24(4)47)34(21-46)51-45)39(49)43-33-18-28-17-32(23(33)3)40(28,5)6/h10-12,14-16,22-24,28,30,32-36,46-47H,13,17-21,41H2,1-9H3,(H,42,48)(H,43,49)/t23-,24-,28+,30+,32-,33-,34-,35+,36?/m0/s1. The summed E-state index contributed by atoms with van der Waals surface area (Å²) in [4.78, 5) is 36.0. The third-order valence-electron chi connectivity index (χ3n) is 11.9. The number of methoxy groups -OCH3 is 1. The van der Waals surface area contributed by atoms with Crippen LogP contribution in [-0.4, -0.2) is 96.7 Å². The largest absolute Gasteiger partial charge is 0.496 e. The maximum atomic E-state index is 14.2. The van der Waals surface area contributed by atoms with Crippen LogP contribution in [-0.2, 0) is 16.2 Å². The first-order valence-electron chi connectivity index (χ1n) is 18.6. The third kappa shape index (κ3) is 8.23. The van der Waals surface area contributed by atoms with Crippen LogP contribution in [0.3, 0.4) is 0 Å². The molecule has 0 radical (unpaired) electrons. The fraction of sp³-hybridized carbons (Fsp3) is 0.650. The molecule has 2 amide bonds. The molecule has 6 N–H and O–H groups in total. The summed E-state index contributed by atoms with van der Waals surface area (Å²) in [6.45, 7) is 13.4. The molecule has 4 fully saturated rings. The lowest BCUT2D eigenvalue weighted by Gasteiger charge is -2.62. The van der Waals surface area contributed by atoms with Crippen molar-refractivity contribution in [2.45, 2.75) is 97.7 Å². The number of para-hydroxylation sites is 1. The van der Waals surface area contributed by atoms with E-state index in [2.05, 4.69) is 50.2 Å². The Hall–Kier alpha value is -3.22. The Morgan fingerprint density at radius 2 is 1.88 bits per heavy atom. The van der Waals surface area contributed by atoms with Gasteiger partial charge in [-0.3, -0.25) is 14.4 Å². The van der Waals surface area contributed by atoms with Crippen molar-refractivity contribution in [3.63, 3.8) is 0 Å². The number of hydrogen-bond donors (Lipinski definition) is 5. The van der Waals surface area contributed by atoms with Crippen LogP contribution in [0.2, 0.25) is 0 Å². The molecule has 1 heterocycles. The zero-order chi connectivity index (χ0) is 37.4. The van der Waals surface area contributed by atoms with Gasteiger partial charge in [0.2, 0.25) is 5.91 Å². The number of carbonyl (C=O) groups excluding carboxylic acids is 2. The van der Waals surface area contributed by atoms with Gasteiger partial charge in [-0.05, 0) is 93.1 Å². The molecule has 4 aliphatic rings. The minimum atomic E-state index is -0.901. The Balaban J connectivity index is 1.41. The Bertz CT molecular complexity index is 1540. The fourth-order valence-corrected chi connectivity index (χ4v) is 9.23. The molecule has 2 bridgehead atoms. The summed E-state index contributed by atoms with van der Waals surface area (Å²) in [5.41, 5.74) is 9.74. The highest BCUT2D eigenvalue weighted by molar-refractivity contribution is 5.97. The second-order valence-electron chi connectivity index (χ2n) is 16.6. The lowest BCUT2D eigenvalue weighted by atomic mass is 9.45. The van der Waals surface area contributed by atoms with Gasteiger partial charge in [0.1, 0.15) is 17.9 Å². The van der Waals surface area contributed by atoms with Gasteiger partial charge in [-0.25, -0.2) is 0 Å². The van der Waals surface area contributed by atoms with E-state index in [1.165, 1.54) is 6.42 Å². The van der Waals surface area contributed by atoms with Gasteiger partial charge in [-0.2, -0.15) is 5.06 Å². The maximum absolute atomic E-state index is 14.2. The van der Waals surface area contributed by atoms with Crippen molar-refractivity contribution in [1.82, 2.24) is 20.6 Å². The van der Waals surface area contributed by atoms with E-state index in [1.54, 1.807) is 25.2 Å². The molecule has 1 aliphatic heterocycles. The summed E-state index contributed by atoms with van der Waals surface area (Å²) in [7, 11) is 5.57. The smallest absolute Gasteiger partial charge is 0.251 e. The van der Waals surface area contributed by atoms with Gasteiger partial charge >= 0.3 is 0 Å². The number of ether oxygens (including phenoxy) is 1. The molecule has 51 heavy (non-hydrogen) atoms. The molecule has 3 saturated carbocycles. The first-order valence-corrected chi connectivity index (χ1v) is 18.6. The number of nitrogens with one attached hydrogen (secondary N) is 2. The SMILES string of the molecule is COc1c(CN2O[C@@H](CO)[C@@H]([C@H](C)O)C2C(=O)N[C@H]2C[C@H]3C[C@@H]([C@@H]2C)C3(C)C)cccc1-c1cc(N)cc(C(=O)N[C@H](CC(C)C)CN(C)C)c1. The number of nitrogens with zero attached hydrogens (tertiary/aromatic N) is 2. The van der Waals surface area contributed by atoms with Gasteiger partial charge in [0.25, 0.3) is 5.91 Å². The van der Waals surface area contributed by atoms with E-state index in [-0.39, 0.29) is 42.5 Å². The molecule has 0 aromatic heterocycles. The predicted molar refractivity (Wildman–Crippen MR) is 200 cm³/mol. The van der Waals surface area contributed by atoms with Crippen molar-refractivity contribution in [2.75, 3.05) is 40.1 Å². The Labute approximate surface area is 304 Å². The quantitative estimate of drug-likeness (QED) is 0.181. The zero-order valence-corrected chi connectivity index (χ0v) is 32.0. The number of benzene rings is 2. The fourth-order valence-electron chi connectivity index (χ4n) is 9.23. The molecular formula is C40H61N5O6. The molecule has 9 atom stereocenters. The summed E-state index contributed by atoms with van der Waals surface area (Å²) in [5.74, 6) is 1.38. The monoisotopic (exact) mass is 707 g/mol. The molecule has 0 spiro atoms. The molecule has 282 valence electrons. The van der Waals surface area contributed by atoms with Crippen molar-refractivity contribution in [1.29, 1.82) is 0 Å². The van der Waals surface area contributed by atoms with Gasteiger partial charge in [0.05, 0.1) is 26.4 Å². The molecular weight excluding hydrogens is 646 g/mol. The summed E-state index contributed by atoms with van der Waals surface area (Å²) < 4.78 is 6.00. The van der Waals surface area contributed by atoms with Gasteiger partial charge in [-0.15, -0.1) is 0 Å². The average Bonchev–Trinajstić information content (AvgIpc) is 3.43. The van der Waals surface area contributed by atoms with Gasteiger partial charge in [-0.1, -0.05) is 52.8 Å². The Morgan fingerprint density at radius 1 is 1.16 bits per heavy atom. The molecule has 3 aliphatic carbocycles. The van der Waals surface area contributed by atoms with Crippen LogP contribution in [0.5, 0.6) is 5.75 Å². The molecule has 11 heteroatoms. The second-order valence-corrected chi connectivity index (χ2v) is 16.6. The van der Waals surface area contributed by atoms with E-state index in [1.807, 2.05) is 44.4 Å². The van der Waals surface area contributed by atoms with Crippen LogP contribution in [0.15, 0.2) is 36.4 Å². The van der Waals surface area contributed by atoms with Crippen LogP contribution in [0.4, 0.5) is 5.69 Å². The van der Waals surface area contributed by atoms with Gasteiger partial charge < -0.3 is 36.2 Å². The van der Waals surface area contributed by atoms with Gasteiger partial charge in [0.15, 0.2) is 0 Å². The number of hydrogen-bond acceptors (Lipinski definition) is 9. The number of anilines is 1. The summed E-state index contributed by atoms with van der Waals surface area (Å²) in [6.07, 6.45) is 1.32. The first kappa shape index (κ1) is 39.0. The highest BCUT2D eigenvalue weighted by Crippen LogP contribution is 2.61. The maximum Gasteiger partial charge on any atom is 0.251 e. The number of likely N-dealkylation sites (N-methyl/N-ethyl adjacent to an activating group) is 1. The normalized spacial score (nSPS) is 28.3. The predicted octanol–water partition coefficient (Wildman–Crippen LogP) is 4.31. The van der Waals surface area contributed by atoms with Crippen molar-refractivity contribution in [2.24, 2.45) is 35.0 Å². The molecule has 2 aromatic rings. The molecule has 11 nitrogen and oxygen atoms in total. The number of amides is 2. The Morgan fingerprint density at radius 3 is 2.47 bits per heavy atom. The lowest BCUT2D eigenvalue weighted by molar-refractivity contribution is -0.183. The molecule has 6 rings (SSSR count). The number of rotatable bonds is 14. The number of aliphatic hydroxyl groups excluding tert-OH is 2. The molecule has 1 saturated heterocycles. The number of fused-ring (bicyclic) bond motifs is 2. The average molecular weight is 708 g/mol. The Kier molecular flexibility index (Phi) is 12.1. The summed E-state index contributed by atoms with van der Waals surface area (Å²) >= 11 is 0. The highest BCUT2D eigenvalue weighted by atomic mass is 16.7. The number of nitrogens with two attached hydrogens (primary N) is 1. The van der Waals surface area contributed by atoms with Crippen molar-refractivity contribution in [3.8, 4) is 16.9 Å². The van der Waals surface area contributed by atoms with E-state index < -0.39 is 24.2 Å². The minimum Gasteiger partial charge on any atom is -0.496 e. The topological polar surface area (TPSA) is 150 Å². The van der Waals surface area contributed by atoms with Crippen LogP contribution in [0.1, 0.15) is 76.7 Å². The molecule has 2 aromatic carbocycles. The number of aliphatic hydroxyl groups is 2. The molecule has 1 unspecified atom stereocenters. The van der Waals surface area contributed by atoms with E-state index in [0.717, 1.165) is 30.5 Å². The van der Waals surface area contributed by atoms with Crippen LogP contribution in [0.25, 0.3) is 11.1 Å². The highest BCUT2D eigenvalue weighted by Gasteiger charge is 2.57. The van der Waals surface area contributed by atoms with Gasteiger partial charge in [0, 0.05) is 46.9 Å². The second kappa shape index (κ2) is 15.8. The van der Waals surface area contributed by atoms with Crippen molar-refractivity contribution < 1.29 is 29.4 Å². The summed E-state index contributed by atoms with van der Waals surface area (Å²) in [6, 6.07) is 10.2. The lowest BCUT2D eigenvalue weighted by Crippen LogP contribution is -2.62. The van der Waals surface area contributed by atoms with E-state index in [9.17, 15) is 19.8 Å². The van der Waals surface area contributed by atoms with E-state index in [4.69, 9.17) is 15.3 Å². The van der Waals surface area contributed by atoms with Crippen LogP contribution >= 0.6 is 0 Å². The van der Waals surface area contributed by atoms with Crippen LogP contribution < -0.4 is 21.1 Å². The number of hydroxylamine groups is 2. The third-order valence-corrected chi connectivity index (χ3v) is 11.9. The minimum absolute atomic E-state index is 0.0204. The van der Waals surface area contributed by atoms with Crippen LogP contribution in [0, 0.1) is 35.0 Å². The van der Waals surface area contributed by atoms with E-state index >= 15 is 0 Å². The first-order chi connectivity index (χ1) is 24.0.